The normalized spacial score (nSPS) is 12.6. The van der Waals surface area contributed by atoms with Crippen molar-refractivity contribution < 1.29 is 4.74 Å². The Labute approximate surface area is 557 Å². The van der Waals surface area contributed by atoms with Crippen LogP contribution in [0.2, 0.25) is 0 Å². The molecule has 7 heteroatoms. The van der Waals surface area contributed by atoms with Crippen LogP contribution >= 0.6 is 0 Å². The Morgan fingerprint density at radius 3 is 1.09 bits per heavy atom. The molecule has 97 heavy (non-hydrogen) atoms. The summed E-state index contributed by atoms with van der Waals surface area (Å²) in [7, 11) is 0. The summed E-state index contributed by atoms with van der Waals surface area (Å²) in [5.41, 5.74) is 27.7. The van der Waals surface area contributed by atoms with Crippen LogP contribution in [0.3, 0.4) is 0 Å². The van der Waals surface area contributed by atoms with E-state index in [1.54, 1.807) is 0 Å². The van der Waals surface area contributed by atoms with Gasteiger partial charge in [-0.25, -0.2) is 0 Å². The highest BCUT2D eigenvalue weighted by Crippen LogP contribution is 2.46. The number of hydrogen-bond donors (Lipinski definition) is 0. The smallest absolute Gasteiger partial charge is 0.256 e. The van der Waals surface area contributed by atoms with E-state index in [2.05, 4.69) is 350 Å². The van der Waals surface area contributed by atoms with Crippen molar-refractivity contribution in [3.8, 4) is 73.3 Å². The van der Waals surface area contributed by atoms with Gasteiger partial charge in [-0.05, 0) is 171 Å². The summed E-state index contributed by atoms with van der Waals surface area (Å²) >= 11 is 0. The van der Waals surface area contributed by atoms with Gasteiger partial charge in [0.1, 0.15) is 11.5 Å². The summed E-state index contributed by atoms with van der Waals surface area (Å²) in [4.78, 5) is 0. The number of nitrogens with zero attached hydrogens (tertiary/aromatic N) is 5. The maximum atomic E-state index is 7.43. The molecule has 0 bridgehead atoms. The number of para-hydroxylation sites is 6. The number of benzene rings is 15. The van der Waals surface area contributed by atoms with Crippen molar-refractivity contribution in [3.05, 3.63) is 328 Å². The topological polar surface area (TPSA) is 33.9 Å². The summed E-state index contributed by atoms with van der Waals surface area (Å²) in [5, 5.41) is 12.1. The predicted molar refractivity (Wildman–Crippen MR) is 406 cm³/mol. The molecule has 0 N–H and O–H groups in total. The Bertz CT molecular complexity index is 6690. The van der Waals surface area contributed by atoms with Crippen molar-refractivity contribution in [3.63, 3.8) is 0 Å². The minimum atomic E-state index is -0.203. The molecule has 0 aliphatic carbocycles. The molecular formula is C90H54BN5O. The molecule has 0 atom stereocenters. The van der Waals surface area contributed by atoms with Gasteiger partial charge in [-0.2, -0.15) is 0 Å². The molecule has 0 spiro atoms. The maximum Gasteiger partial charge on any atom is 0.256 e. The first-order chi connectivity index (χ1) is 48.1. The molecule has 6 nitrogen and oxygen atoms in total. The summed E-state index contributed by atoms with van der Waals surface area (Å²) in [6.07, 6.45) is 0. The average Bonchev–Trinajstić information content (AvgIpc) is 1.56. The molecule has 448 valence electrons. The van der Waals surface area contributed by atoms with E-state index in [0.29, 0.717) is 0 Å². The molecule has 0 saturated carbocycles. The van der Waals surface area contributed by atoms with Crippen LogP contribution in [0.5, 0.6) is 11.5 Å². The zero-order valence-corrected chi connectivity index (χ0v) is 52.4. The van der Waals surface area contributed by atoms with Crippen molar-refractivity contribution in [2.24, 2.45) is 0 Å². The van der Waals surface area contributed by atoms with Crippen LogP contribution in [0.1, 0.15) is 0 Å². The third-order valence-corrected chi connectivity index (χ3v) is 21.3. The Morgan fingerprint density at radius 1 is 0.216 bits per heavy atom. The van der Waals surface area contributed by atoms with Gasteiger partial charge in [-0.1, -0.05) is 206 Å². The third kappa shape index (κ3) is 7.40. The molecule has 0 saturated heterocycles. The van der Waals surface area contributed by atoms with E-state index < -0.39 is 0 Å². The second-order valence-corrected chi connectivity index (χ2v) is 26.3. The monoisotopic (exact) mass is 1230 g/mol. The van der Waals surface area contributed by atoms with Gasteiger partial charge < -0.3 is 27.6 Å². The number of ether oxygens (including phenoxy) is 1. The van der Waals surface area contributed by atoms with Crippen molar-refractivity contribution >= 4 is 132 Å². The molecular weight excluding hydrogens is 1180 g/mol. The number of aromatic nitrogens is 5. The second-order valence-electron chi connectivity index (χ2n) is 26.3. The first kappa shape index (κ1) is 52.6. The second kappa shape index (κ2) is 19.9. The van der Waals surface area contributed by atoms with E-state index in [1.165, 1.54) is 104 Å². The van der Waals surface area contributed by atoms with Crippen LogP contribution in [0.4, 0.5) is 0 Å². The highest BCUT2D eigenvalue weighted by atomic mass is 16.5. The third-order valence-electron chi connectivity index (χ3n) is 21.3. The lowest BCUT2D eigenvalue weighted by atomic mass is 9.34. The molecule has 20 aromatic rings. The van der Waals surface area contributed by atoms with Gasteiger partial charge in [0.2, 0.25) is 0 Å². The van der Waals surface area contributed by atoms with Crippen LogP contribution in [-0.2, 0) is 0 Å². The molecule has 5 aromatic heterocycles. The molecule has 22 rings (SSSR count). The molecule has 7 heterocycles. The van der Waals surface area contributed by atoms with Crippen LogP contribution in [-0.4, -0.2) is 29.5 Å². The first-order valence-corrected chi connectivity index (χ1v) is 33.5. The van der Waals surface area contributed by atoms with Gasteiger partial charge in [0.25, 0.3) is 6.71 Å². The van der Waals surface area contributed by atoms with E-state index in [1.807, 2.05) is 0 Å². The van der Waals surface area contributed by atoms with Gasteiger partial charge in [-0.3, -0.25) is 0 Å². The summed E-state index contributed by atoms with van der Waals surface area (Å²) in [6.45, 7) is -0.203. The average molecular weight is 1230 g/mol. The van der Waals surface area contributed by atoms with E-state index in [9.17, 15) is 0 Å². The fourth-order valence-corrected chi connectivity index (χ4v) is 17.3. The molecule has 2 aliphatic rings. The van der Waals surface area contributed by atoms with E-state index in [-0.39, 0.29) is 6.71 Å². The van der Waals surface area contributed by atoms with E-state index in [4.69, 9.17) is 4.74 Å². The molecule has 0 unspecified atom stereocenters. The molecule has 0 fully saturated rings. The van der Waals surface area contributed by atoms with Crippen LogP contribution in [0, 0.1) is 0 Å². The number of hydrogen-bond acceptors (Lipinski definition) is 1. The Morgan fingerprint density at radius 2 is 0.598 bits per heavy atom. The Hall–Kier alpha value is -12.8. The zero-order valence-electron chi connectivity index (χ0n) is 52.4. The fraction of sp³-hybridized carbons (Fsp3) is 0. The minimum absolute atomic E-state index is 0.203. The van der Waals surface area contributed by atoms with E-state index >= 15 is 0 Å². The zero-order chi connectivity index (χ0) is 63.1. The fourth-order valence-electron chi connectivity index (χ4n) is 17.3. The highest BCUT2D eigenvalue weighted by molar-refractivity contribution is 6.99. The van der Waals surface area contributed by atoms with Crippen molar-refractivity contribution in [1.82, 2.24) is 22.8 Å². The summed E-state index contributed by atoms with van der Waals surface area (Å²) in [6, 6.07) is 122. The van der Waals surface area contributed by atoms with Gasteiger partial charge in [0.05, 0.1) is 49.7 Å². The SMILES string of the molecule is c1ccc(-c2ccc3c(c2)B2c4c(cc(-c5ccccc5-c5ccccc5)cc4-n4c5ccc(-n6c7ccccc7c7cc(-n8c9ccccc9c9ccccc98)ccc76)cc5c5cc(-n6c7ccccc7c7cc(-n8c9ccccc9c9ccccc98)ccc76)cc2c54)O3)cc1. The molecule has 2 aliphatic heterocycles. The first-order valence-electron chi connectivity index (χ1n) is 33.5. The number of fused-ring (bicyclic) bond motifs is 19. The van der Waals surface area contributed by atoms with Crippen LogP contribution in [0.15, 0.2) is 328 Å². The minimum Gasteiger partial charge on any atom is -0.458 e. The van der Waals surface area contributed by atoms with Gasteiger partial charge in [0.15, 0.2) is 0 Å². The maximum absolute atomic E-state index is 7.43. The van der Waals surface area contributed by atoms with Gasteiger partial charge in [0, 0.05) is 87.8 Å². The lowest BCUT2D eigenvalue weighted by molar-refractivity contribution is 0.487. The highest BCUT2D eigenvalue weighted by Gasteiger charge is 2.42. The molecule has 15 aromatic carbocycles. The Balaban J connectivity index is 0.833. The lowest BCUT2D eigenvalue weighted by Crippen LogP contribution is -2.58. The largest absolute Gasteiger partial charge is 0.458 e. The quantitative estimate of drug-likeness (QED) is 0.146. The standard InChI is InChI=1S/C90H54BN5O/c1-3-21-55(22-4-1)57-39-46-87-75(47-57)91-76-54-62(95-82-38-20-14-32-70(82)72-51-60(41-44-84(72)95)93-79-35-17-11-29-67(79)68-30-12-18-36-80(68)93)53-74-73-52-61(42-45-85(73)96(90(74)76)86-48-58(49-88(97-87)89(86)91)64-26-8-7-25-63(64)56-23-5-2-6-24-56)94-81-37-19-13-31-69(81)71-50-59(40-43-83(71)94)92-77-33-15-9-27-65(77)66-28-10-16-34-78(66)92/h1-54H. The predicted octanol–water partition coefficient (Wildman–Crippen LogP) is 21.1. The van der Waals surface area contributed by atoms with Crippen molar-refractivity contribution in [2.75, 3.05) is 0 Å². The number of rotatable bonds is 7. The van der Waals surface area contributed by atoms with Crippen LogP contribution in [0.25, 0.3) is 171 Å². The van der Waals surface area contributed by atoms with Crippen LogP contribution < -0.4 is 21.1 Å². The Kier molecular flexibility index (Phi) is 10.8. The van der Waals surface area contributed by atoms with Crippen molar-refractivity contribution in [1.29, 1.82) is 0 Å². The summed E-state index contributed by atoms with van der Waals surface area (Å²) in [5.74, 6) is 1.73. The van der Waals surface area contributed by atoms with Gasteiger partial charge >= 0.3 is 0 Å². The van der Waals surface area contributed by atoms with Crippen molar-refractivity contribution in [2.45, 2.75) is 0 Å². The lowest BCUT2D eigenvalue weighted by Gasteiger charge is -2.34. The summed E-state index contributed by atoms with van der Waals surface area (Å²) < 4.78 is 19.9. The molecule has 0 amide bonds. The van der Waals surface area contributed by atoms with Gasteiger partial charge in [-0.15, -0.1) is 0 Å². The molecule has 0 radical (unpaired) electrons. The van der Waals surface area contributed by atoms with E-state index in [0.717, 1.165) is 95.1 Å².